The summed E-state index contributed by atoms with van der Waals surface area (Å²) in [6, 6.07) is 1.93. The van der Waals surface area contributed by atoms with Gasteiger partial charge in [0.15, 0.2) is 0 Å². The average Bonchev–Trinajstić information content (AvgIpc) is 2.98. The molecular weight excluding hydrogens is 260 g/mol. The Bertz CT molecular complexity index is 444. The Hall–Kier alpha value is -0.890. The van der Waals surface area contributed by atoms with Gasteiger partial charge in [0.1, 0.15) is 0 Å². The van der Waals surface area contributed by atoms with Crippen molar-refractivity contribution in [3.05, 3.63) is 22.7 Å². The van der Waals surface area contributed by atoms with Gasteiger partial charge in [-0.25, -0.2) is 0 Å². The van der Waals surface area contributed by atoms with Crippen LogP contribution in [0.4, 0.5) is 0 Å². The van der Waals surface area contributed by atoms with Gasteiger partial charge < -0.3 is 14.7 Å². The summed E-state index contributed by atoms with van der Waals surface area (Å²) in [6.45, 7) is -0.225. The van der Waals surface area contributed by atoms with Gasteiger partial charge in [0.05, 0.1) is 18.5 Å². The molecule has 2 N–H and O–H groups in total. The molecule has 5 nitrogen and oxygen atoms in total. The van der Waals surface area contributed by atoms with Crippen molar-refractivity contribution in [2.24, 2.45) is 0 Å². The highest BCUT2D eigenvalue weighted by Gasteiger charge is 2.09. The molecule has 0 fully saturated rings. The minimum Gasteiger partial charge on any atom is -0.394 e. The van der Waals surface area contributed by atoms with E-state index in [1.165, 1.54) is 11.8 Å². The van der Waals surface area contributed by atoms with Crippen LogP contribution in [0.3, 0.4) is 0 Å². The molecule has 0 aromatic carbocycles. The standard InChI is InChI=1S/C10H12N2O3S2/c13-3-8(14)5-17-6-9-11-10(12-15-9)7-1-2-16-4-7/h1-2,4,8,13-14H,3,5-6H2/t8-/m1/s1. The number of aliphatic hydroxyl groups excluding tert-OH is 2. The van der Waals surface area contributed by atoms with Crippen molar-refractivity contribution in [3.63, 3.8) is 0 Å². The van der Waals surface area contributed by atoms with Crippen LogP contribution in [0.15, 0.2) is 21.3 Å². The quantitative estimate of drug-likeness (QED) is 0.827. The second-order valence-corrected chi connectivity index (χ2v) is 5.19. The Morgan fingerprint density at radius 2 is 2.41 bits per heavy atom. The van der Waals surface area contributed by atoms with E-state index in [2.05, 4.69) is 10.1 Å². The van der Waals surface area contributed by atoms with Gasteiger partial charge in [-0.05, 0) is 11.4 Å². The molecule has 0 aliphatic carbocycles. The van der Waals surface area contributed by atoms with Crippen LogP contribution in [0.1, 0.15) is 5.89 Å². The van der Waals surface area contributed by atoms with Crippen LogP contribution in [0, 0.1) is 0 Å². The van der Waals surface area contributed by atoms with Crippen molar-refractivity contribution in [1.82, 2.24) is 10.1 Å². The smallest absolute Gasteiger partial charge is 0.236 e. The average molecular weight is 272 g/mol. The first-order valence-corrected chi connectivity index (χ1v) is 7.11. The van der Waals surface area contributed by atoms with E-state index < -0.39 is 6.10 Å². The maximum atomic E-state index is 9.16. The summed E-state index contributed by atoms with van der Waals surface area (Å²) in [6.07, 6.45) is -0.695. The maximum Gasteiger partial charge on any atom is 0.236 e. The zero-order valence-electron chi connectivity index (χ0n) is 8.94. The summed E-state index contributed by atoms with van der Waals surface area (Å²) in [5.74, 6) is 2.10. The van der Waals surface area contributed by atoms with Gasteiger partial charge in [-0.15, -0.1) is 11.8 Å². The van der Waals surface area contributed by atoms with Gasteiger partial charge in [0.25, 0.3) is 0 Å². The fourth-order valence-electron chi connectivity index (χ4n) is 1.16. The first kappa shape index (κ1) is 12.6. The Balaban J connectivity index is 1.87. The summed E-state index contributed by atoms with van der Waals surface area (Å²) in [7, 11) is 0. The van der Waals surface area contributed by atoms with Crippen LogP contribution in [0.25, 0.3) is 11.4 Å². The lowest BCUT2D eigenvalue weighted by molar-refractivity contribution is 0.113. The number of aliphatic hydroxyl groups is 2. The normalized spacial score (nSPS) is 12.8. The molecule has 92 valence electrons. The van der Waals surface area contributed by atoms with E-state index >= 15 is 0 Å². The van der Waals surface area contributed by atoms with Crippen LogP contribution in [-0.4, -0.2) is 38.8 Å². The number of aromatic nitrogens is 2. The number of rotatable bonds is 6. The topological polar surface area (TPSA) is 79.4 Å². The molecule has 2 heterocycles. The summed E-state index contributed by atoms with van der Waals surface area (Å²) in [5, 5.41) is 25.6. The lowest BCUT2D eigenvalue weighted by Crippen LogP contribution is -2.14. The van der Waals surface area contributed by atoms with Crippen LogP contribution < -0.4 is 0 Å². The van der Waals surface area contributed by atoms with E-state index in [9.17, 15) is 0 Å². The number of nitrogens with zero attached hydrogens (tertiary/aromatic N) is 2. The van der Waals surface area contributed by atoms with Crippen molar-refractivity contribution < 1.29 is 14.7 Å². The fourth-order valence-corrected chi connectivity index (χ4v) is 2.58. The molecule has 0 aliphatic heterocycles. The third kappa shape index (κ3) is 3.53. The molecule has 0 bridgehead atoms. The van der Waals surface area contributed by atoms with Crippen molar-refractivity contribution in [2.75, 3.05) is 12.4 Å². The Labute approximate surface area is 106 Å². The van der Waals surface area contributed by atoms with E-state index in [4.69, 9.17) is 14.7 Å². The predicted octanol–water partition coefficient (Wildman–Crippen LogP) is 1.38. The number of hydrogen-bond acceptors (Lipinski definition) is 7. The first-order valence-electron chi connectivity index (χ1n) is 5.01. The van der Waals surface area contributed by atoms with Crippen LogP contribution >= 0.6 is 23.1 Å². The van der Waals surface area contributed by atoms with E-state index in [1.807, 2.05) is 16.8 Å². The van der Waals surface area contributed by atoms with E-state index in [-0.39, 0.29) is 6.61 Å². The van der Waals surface area contributed by atoms with Crippen molar-refractivity contribution in [3.8, 4) is 11.4 Å². The minimum absolute atomic E-state index is 0.225. The molecule has 0 radical (unpaired) electrons. The van der Waals surface area contributed by atoms with E-state index in [0.717, 1.165) is 5.56 Å². The zero-order chi connectivity index (χ0) is 12.1. The third-order valence-electron chi connectivity index (χ3n) is 1.99. The Kier molecular flexibility index (Phi) is 4.55. The highest BCUT2D eigenvalue weighted by molar-refractivity contribution is 7.98. The molecule has 2 aromatic rings. The van der Waals surface area contributed by atoms with Crippen molar-refractivity contribution >= 4 is 23.1 Å². The van der Waals surface area contributed by atoms with Crippen LogP contribution in [0.2, 0.25) is 0 Å². The molecule has 0 aliphatic rings. The second kappa shape index (κ2) is 6.15. The minimum atomic E-state index is -0.695. The van der Waals surface area contributed by atoms with Gasteiger partial charge in [0, 0.05) is 16.7 Å². The van der Waals surface area contributed by atoms with Crippen LogP contribution in [-0.2, 0) is 5.75 Å². The van der Waals surface area contributed by atoms with Crippen molar-refractivity contribution in [1.29, 1.82) is 0 Å². The van der Waals surface area contributed by atoms with E-state index in [1.54, 1.807) is 11.3 Å². The molecule has 1 atom stereocenters. The Morgan fingerprint density at radius 3 is 3.12 bits per heavy atom. The van der Waals surface area contributed by atoms with Gasteiger partial charge in [0.2, 0.25) is 11.7 Å². The fraction of sp³-hybridized carbons (Fsp3) is 0.400. The number of hydrogen-bond donors (Lipinski definition) is 2. The van der Waals surface area contributed by atoms with Gasteiger partial charge >= 0.3 is 0 Å². The molecule has 0 spiro atoms. The molecule has 0 unspecified atom stereocenters. The lowest BCUT2D eigenvalue weighted by Gasteiger charge is -2.03. The first-order chi connectivity index (χ1) is 8.29. The maximum absolute atomic E-state index is 9.16. The Morgan fingerprint density at radius 1 is 1.53 bits per heavy atom. The predicted molar refractivity (Wildman–Crippen MR) is 66.9 cm³/mol. The number of thioether (sulfide) groups is 1. The molecule has 0 saturated carbocycles. The molecule has 0 saturated heterocycles. The summed E-state index contributed by atoms with van der Waals surface area (Å²) in [5.41, 5.74) is 0.949. The highest BCUT2D eigenvalue weighted by Crippen LogP contribution is 2.20. The molecule has 2 aromatic heterocycles. The van der Waals surface area contributed by atoms with Gasteiger partial charge in [-0.3, -0.25) is 0 Å². The monoisotopic (exact) mass is 272 g/mol. The van der Waals surface area contributed by atoms with E-state index in [0.29, 0.717) is 23.2 Å². The highest BCUT2D eigenvalue weighted by atomic mass is 32.2. The summed E-state index contributed by atoms with van der Waals surface area (Å²) < 4.78 is 5.08. The lowest BCUT2D eigenvalue weighted by atomic mass is 10.3. The summed E-state index contributed by atoms with van der Waals surface area (Å²) in [4.78, 5) is 4.24. The van der Waals surface area contributed by atoms with Gasteiger partial charge in [-0.2, -0.15) is 16.3 Å². The molecule has 17 heavy (non-hydrogen) atoms. The zero-order valence-corrected chi connectivity index (χ0v) is 10.6. The van der Waals surface area contributed by atoms with Gasteiger partial charge in [-0.1, -0.05) is 5.16 Å². The molecular formula is C10H12N2O3S2. The summed E-state index contributed by atoms with van der Waals surface area (Å²) >= 11 is 3.03. The second-order valence-electron chi connectivity index (χ2n) is 3.38. The molecule has 2 rings (SSSR count). The third-order valence-corrected chi connectivity index (χ3v) is 3.75. The number of thiophene rings is 1. The van der Waals surface area contributed by atoms with Crippen LogP contribution in [0.5, 0.6) is 0 Å². The molecule has 7 heteroatoms. The van der Waals surface area contributed by atoms with Crippen molar-refractivity contribution in [2.45, 2.75) is 11.9 Å². The largest absolute Gasteiger partial charge is 0.394 e. The SMILES string of the molecule is OC[C@@H](O)CSCc1nc(-c2ccsc2)no1. The molecule has 0 amide bonds.